The molecule has 0 aromatic heterocycles. The van der Waals surface area contributed by atoms with Crippen molar-refractivity contribution in [3.05, 3.63) is 63.1 Å². The number of carbonyl (C=O) groups excluding carboxylic acids is 1. The van der Waals surface area contributed by atoms with E-state index in [9.17, 15) is 4.79 Å². The van der Waals surface area contributed by atoms with E-state index in [-0.39, 0.29) is 5.91 Å². The van der Waals surface area contributed by atoms with E-state index in [0.717, 1.165) is 10.9 Å². The zero-order valence-corrected chi connectivity index (χ0v) is 12.8. The fourth-order valence-corrected chi connectivity index (χ4v) is 2.46. The second kappa shape index (κ2) is 6.22. The molecule has 2 aromatic carbocycles. The largest absolute Gasteiger partial charge is 0.321 e. The van der Waals surface area contributed by atoms with Crippen molar-refractivity contribution in [1.29, 1.82) is 0 Å². The molecule has 0 aliphatic carbocycles. The lowest BCUT2D eigenvalue weighted by Crippen LogP contribution is -2.12. The molecule has 0 aliphatic heterocycles. The molecule has 0 aliphatic rings. The minimum absolute atomic E-state index is 0.134. The Morgan fingerprint density at radius 3 is 2.47 bits per heavy atom. The van der Waals surface area contributed by atoms with Gasteiger partial charge in [-0.15, -0.1) is 0 Å². The van der Waals surface area contributed by atoms with Gasteiger partial charge < -0.3 is 5.32 Å². The lowest BCUT2D eigenvalue weighted by Gasteiger charge is -2.08. The minimum Gasteiger partial charge on any atom is -0.321 e. The monoisotopic (exact) mass is 337 g/mol. The topological polar surface area (TPSA) is 29.1 Å². The Hall–Kier alpha value is -1.32. The zero-order chi connectivity index (χ0) is 13.8. The van der Waals surface area contributed by atoms with E-state index in [2.05, 4.69) is 28.2 Å². The molecule has 1 amide bonds. The first-order valence-corrected chi connectivity index (χ1v) is 7.12. The highest BCUT2D eigenvalue weighted by Gasteiger charge is 2.08. The predicted octanol–water partition coefficient (Wildman–Crippen LogP) is 4.92. The molecule has 0 bridgehead atoms. The highest BCUT2D eigenvalue weighted by atomic mass is 79.9. The summed E-state index contributed by atoms with van der Waals surface area (Å²) in [6.07, 6.45) is 0.963. The third-order valence-electron chi connectivity index (χ3n) is 2.80. The molecule has 0 saturated heterocycles. The van der Waals surface area contributed by atoms with Gasteiger partial charge in [-0.2, -0.15) is 0 Å². The van der Waals surface area contributed by atoms with Crippen LogP contribution in [0.15, 0.2) is 46.9 Å². The number of anilines is 1. The quantitative estimate of drug-likeness (QED) is 0.846. The van der Waals surface area contributed by atoms with Gasteiger partial charge in [0.1, 0.15) is 0 Å². The van der Waals surface area contributed by atoms with Crippen LogP contribution >= 0.6 is 27.5 Å². The van der Waals surface area contributed by atoms with Crippen molar-refractivity contribution in [2.75, 3.05) is 5.32 Å². The van der Waals surface area contributed by atoms with Crippen molar-refractivity contribution < 1.29 is 4.79 Å². The molecule has 2 nitrogen and oxygen atoms in total. The molecule has 4 heteroatoms. The van der Waals surface area contributed by atoms with E-state index >= 15 is 0 Å². The SMILES string of the molecule is CCc1ccc(C(=O)Nc2ccc(Cl)cc2Br)cc1. The molecule has 98 valence electrons. The van der Waals surface area contributed by atoms with E-state index in [0.29, 0.717) is 16.3 Å². The molecule has 2 aromatic rings. The zero-order valence-electron chi connectivity index (χ0n) is 10.4. The Morgan fingerprint density at radius 1 is 1.21 bits per heavy atom. The highest BCUT2D eigenvalue weighted by Crippen LogP contribution is 2.26. The summed E-state index contributed by atoms with van der Waals surface area (Å²) in [6, 6.07) is 12.8. The molecule has 0 heterocycles. The van der Waals surface area contributed by atoms with Crippen molar-refractivity contribution in [3.63, 3.8) is 0 Å². The van der Waals surface area contributed by atoms with Crippen LogP contribution in [-0.2, 0) is 6.42 Å². The first-order chi connectivity index (χ1) is 9.10. The van der Waals surface area contributed by atoms with Gasteiger partial charge in [-0.25, -0.2) is 0 Å². The summed E-state index contributed by atoms with van der Waals surface area (Å²) in [7, 11) is 0. The third kappa shape index (κ3) is 3.58. The Bertz CT molecular complexity index is 596. The van der Waals surface area contributed by atoms with Crippen LogP contribution in [0, 0.1) is 0 Å². The molecule has 1 N–H and O–H groups in total. The summed E-state index contributed by atoms with van der Waals surface area (Å²) in [5.41, 5.74) is 2.55. The molecule has 0 fully saturated rings. The average molecular weight is 339 g/mol. The van der Waals surface area contributed by atoms with Crippen molar-refractivity contribution >= 4 is 39.1 Å². The molecular weight excluding hydrogens is 326 g/mol. The van der Waals surface area contributed by atoms with Gasteiger partial charge >= 0.3 is 0 Å². The van der Waals surface area contributed by atoms with E-state index < -0.39 is 0 Å². The Labute approximate surface area is 125 Å². The number of carbonyl (C=O) groups is 1. The molecule has 2 rings (SSSR count). The fourth-order valence-electron chi connectivity index (χ4n) is 1.68. The summed E-state index contributed by atoms with van der Waals surface area (Å²) in [5, 5.41) is 3.47. The molecule has 0 atom stereocenters. The standard InChI is InChI=1S/C15H13BrClNO/c1-2-10-3-5-11(6-4-10)15(19)18-14-8-7-12(17)9-13(14)16/h3-9H,2H2,1H3,(H,18,19). The average Bonchev–Trinajstić information content (AvgIpc) is 2.42. The van der Waals surface area contributed by atoms with Crippen molar-refractivity contribution in [3.8, 4) is 0 Å². The van der Waals surface area contributed by atoms with Gasteiger partial charge in [-0.3, -0.25) is 4.79 Å². The van der Waals surface area contributed by atoms with Crippen LogP contribution in [0.4, 0.5) is 5.69 Å². The van der Waals surface area contributed by atoms with Crippen molar-refractivity contribution in [2.24, 2.45) is 0 Å². The van der Waals surface area contributed by atoms with Crippen LogP contribution in [0.5, 0.6) is 0 Å². The van der Waals surface area contributed by atoms with E-state index in [4.69, 9.17) is 11.6 Å². The Balaban J connectivity index is 2.15. The number of nitrogens with one attached hydrogen (secondary N) is 1. The van der Waals surface area contributed by atoms with Crippen molar-refractivity contribution in [2.45, 2.75) is 13.3 Å². The normalized spacial score (nSPS) is 10.3. The summed E-state index contributed by atoms with van der Waals surface area (Å²) in [5.74, 6) is -0.134. The van der Waals surface area contributed by atoms with Gasteiger partial charge in [0.05, 0.1) is 5.69 Å². The number of benzene rings is 2. The second-order valence-corrected chi connectivity index (χ2v) is 5.42. The second-order valence-electron chi connectivity index (χ2n) is 4.13. The molecule has 0 spiro atoms. The van der Waals surface area contributed by atoms with Gasteiger partial charge in [0.25, 0.3) is 5.91 Å². The maximum absolute atomic E-state index is 12.1. The molecule has 0 radical (unpaired) electrons. The maximum atomic E-state index is 12.1. The molecular formula is C15H13BrClNO. The van der Waals surface area contributed by atoms with Crippen molar-refractivity contribution in [1.82, 2.24) is 0 Å². The number of aryl methyl sites for hydroxylation is 1. The lowest BCUT2D eigenvalue weighted by atomic mass is 10.1. The number of hydrogen-bond donors (Lipinski definition) is 1. The van der Waals surface area contributed by atoms with Crippen LogP contribution in [0.1, 0.15) is 22.8 Å². The first kappa shape index (κ1) is 14.1. The summed E-state index contributed by atoms with van der Waals surface area (Å²) >= 11 is 9.23. The minimum atomic E-state index is -0.134. The van der Waals surface area contributed by atoms with Gasteiger partial charge in [0, 0.05) is 15.1 Å². The lowest BCUT2D eigenvalue weighted by molar-refractivity contribution is 0.102. The Morgan fingerprint density at radius 2 is 1.89 bits per heavy atom. The van der Waals surface area contributed by atoms with Gasteiger partial charge in [0.2, 0.25) is 0 Å². The summed E-state index contributed by atoms with van der Waals surface area (Å²) in [4.78, 5) is 12.1. The van der Waals surface area contributed by atoms with Crippen LogP contribution in [0.3, 0.4) is 0 Å². The maximum Gasteiger partial charge on any atom is 0.255 e. The molecule has 0 unspecified atom stereocenters. The van der Waals surface area contributed by atoms with Crippen LogP contribution in [-0.4, -0.2) is 5.91 Å². The Kier molecular flexibility index (Phi) is 4.61. The van der Waals surface area contributed by atoms with Crippen LogP contribution in [0.25, 0.3) is 0 Å². The van der Waals surface area contributed by atoms with Crippen LogP contribution in [0.2, 0.25) is 5.02 Å². The number of rotatable bonds is 3. The molecule has 0 saturated carbocycles. The first-order valence-electron chi connectivity index (χ1n) is 5.95. The number of halogens is 2. The van der Waals surface area contributed by atoms with Gasteiger partial charge in [-0.05, 0) is 58.2 Å². The summed E-state index contributed by atoms with van der Waals surface area (Å²) < 4.78 is 0.763. The van der Waals surface area contributed by atoms with E-state index in [1.807, 2.05) is 24.3 Å². The smallest absolute Gasteiger partial charge is 0.255 e. The third-order valence-corrected chi connectivity index (χ3v) is 3.69. The highest BCUT2D eigenvalue weighted by molar-refractivity contribution is 9.10. The van der Waals surface area contributed by atoms with Gasteiger partial charge in [0.15, 0.2) is 0 Å². The van der Waals surface area contributed by atoms with E-state index in [1.54, 1.807) is 18.2 Å². The van der Waals surface area contributed by atoms with E-state index in [1.165, 1.54) is 5.56 Å². The number of amides is 1. The van der Waals surface area contributed by atoms with Gasteiger partial charge in [-0.1, -0.05) is 30.7 Å². The summed E-state index contributed by atoms with van der Waals surface area (Å²) in [6.45, 7) is 2.08. The fraction of sp³-hybridized carbons (Fsp3) is 0.133. The van der Waals surface area contributed by atoms with Crippen LogP contribution < -0.4 is 5.32 Å². The number of hydrogen-bond acceptors (Lipinski definition) is 1. The molecule has 19 heavy (non-hydrogen) atoms. The predicted molar refractivity (Wildman–Crippen MR) is 82.9 cm³/mol.